The lowest BCUT2D eigenvalue weighted by molar-refractivity contribution is -0.231. The first kappa shape index (κ1) is 32.9. The zero-order valence-electron chi connectivity index (χ0n) is 19.8. The number of aliphatic hydroxyl groups is 1. The molecule has 0 radical (unpaired) electrons. The van der Waals surface area contributed by atoms with E-state index in [-0.39, 0.29) is 61.1 Å². The van der Waals surface area contributed by atoms with Crippen LogP contribution < -0.4 is 0 Å². The lowest BCUT2D eigenvalue weighted by Gasteiger charge is -2.09. The molecule has 0 saturated heterocycles. The van der Waals surface area contributed by atoms with E-state index in [1.165, 1.54) is 51.4 Å². The summed E-state index contributed by atoms with van der Waals surface area (Å²) in [5, 5.41) is 8.34. The first-order chi connectivity index (χ1) is 16.4. The summed E-state index contributed by atoms with van der Waals surface area (Å²) in [6.07, 6.45) is 11.4. The highest BCUT2D eigenvalue weighted by Crippen LogP contribution is 2.10. The number of ether oxygens (including phenoxy) is 10. The van der Waals surface area contributed by atoms with E-state index in [4.69, 9.17) is 47.7 Å². The molecule has 1 N–H and O–H groups in total. The molecule has 0 aromatic heterocycles. The molecule has 0 aliphatic heterocycles. The highest BCUT2D eigenvalue weighted by atomic mass is 32.1. The minimum Gasteiger partial charge on any atom is -0.371 e. The Kier molecular flexibility index (Phi) is 31.8. The fourth-order valence-corrected chi connectivity index (χ4v) is 2.68. The molecule has 0 unspecified atom stereocenters. The second-order valence-corrected chi connectivity index (χ2v) is 7.29. The Morgan fingerprint density at radius 3 is 1.03 bits per heavy atom. The largest absolute Gasteiger partial charge is 0.371 e. The summed E-state index contributed by atoms with van der Waals surface area (Å²) in [4.78, 5) is 0. The molecule has 12 heteroatoms. The van der Waals surface area contributed by atoms with E-state index in [2.05, 4.69) is 17.4 Å². The van der Waals surface area contributed by atoms with Crippen LogP contribution in [0.5, 0.6) is 0 Å². The molecule has 200 valence electrons. The van der Waals surface area contributed by atoms with Gasteiger partial charge in [-0.2, -0.15) is 12.6 Å². The summed E-state index contributed by atoms with van der Waals surface area (Å²) in [6, 6.07) is 0. The fraction of sp³-hybridized carbons (Fsp3) is 1.00. The Morgan fingerprint density at radius 1 is 0.364 bits per heavy atom. The molecule has 0 aromatic carbocycles. The van der Waals surface area contributed by atoms with Crippen molar-refractivity contribution in [3.8, 4) is 0 Å². The van der Waals surface area contributed by atoms with Crippen molar-refractivity contribution in [3.63, 3.8) is 0 Å². The molecule has 0 fully saturated rings. The van der Waals surface area contributed by atoms with Crippen LogP contribution in [0.3, 0.4) is 0 Å². The third-order valence-corrected chi connectivity index (χ3v) is 4.35. The minimum atomic E-state index is -0.402. The number of hydrogen-bond donors (Lipinski definition) is 2. The van der Waals surface area contributed by atoms with E-state index in [0.29, 0.717) is 6.61 Å². The molecule has 0 heterocycles. The number of aliphatic hydroxyl groups excluding tert-OH is 1. The van der Waals surface area contributed by atoms with Crippen LogP contribution in [0.1, 0.15) is 57.8 Å². The van der Waals surface area contributed by atoms with Gasteiger partial charge >= 0.3 is 0 Å². The van der Waals surface area contributed by atoms with Gasteiger partial charge in [0.15, 0.2) is 54.3 Å². The highest BCUT2D eigenvalue weighted by molar-refractivity contribution is 7.80. The van der Waals surface area contributed by atoms with Crippen LogP contribution in [-0.2, 0) is 47.4 Å². The van der Waals surface area contributed by atoms with Crippen LogP contribution in [0.2, 0.25) is 0 Å². The van der Waals surface area contributed by atoms with E-state index in [1.54, 1.807) is 0 Å². The molecule has 0 aliphatic rings. The third-order valence-electron chi connectivity index (χ3n) is 4.04. The second-order valence-electron chi connectivity index (χ2n) is 6.84. The zero-order valence-corrected chi connectivity index (χ0v) is 20.7. The van der Waals surface area contributed by atoms with Gasteiger partial charge in [0.1, 0.15) is 13.6 Å². The van der Waals surface area contributed by atoms with E-state index < -0.39 is 6.79 Å². The van der Waals surface area contributed by atoms with Crippen LogP contribution >= 0.6 is 12.6 Å². The average molecular weight is 505 g/mol. The van der Waals surface area contributed by atoms with Gasteiger partial charge in [-0.3, -0.25) is 0 Å². The summed E-state index contributed by atoms with van der Waals surface area (Å²) in [6.45, 7) is 0.577. The van der Waals surface area contributed by atoms with Gasteiger partial charge in [-0.05, 0) is 18.6 Å². The summed E-state index contributed by atoms with van der Waals surface area (Å²) in [5.74, 6) is 1.01. The van der Waals surface area contributed by atoms with Gasteiger partial charge in [-0.15, -0.1) is 0 Å². The quantitative estimate of drug-likeness (QED) is 0.0854. The van der Waals surface area contributed by atoms with Gasteiger partial charge in [0.25, 0.3) is 0 Å². The summed E-state index contributed by atoms with van der Waals surface area (Å²) in [5.41, 5.74) is 0. The van der Waals surface area contributed by atoms with Crippen molar-refractivity contribution in [2.75, 3.05) is 80.3 Å². The van der Waals surface area contributed by atoms with Gasteiger partial charge in [-0.25, -0.2) is 0 Å². The maximum Gasteiger partial charge on any atom is 0.152 e. The van der Waals surface area contributed by atoms with Crippen molar-refractivity contribution >= 4 is 12.6 Å². The van der Waals surface area contributed by atoms with Crippen LogP contribution in [0.4, 0.5) is 0 Å². The predicted molar refractivity (Wildman–Crippen MR) is 122 cm³/mol. The molecular weight excluding hydrogens is 460 g/mol. The molecule has 33 heavy (non-hydrogen) atoms. The second kappa shape index (κ2) is 31.9. The van der Waals surface area contributed by atoms with E-state index >= 15 is 0 Å². The van der Waals surface area contributed by atoms with Gasteiger partial charge in [0.2, 0.25) is 0 Å². The smallest absolute Gasteiger partial charge is 0.152 e. The van der Waals surface area contributed by atoms with Crippen molar-refractivity contribution in [2.45, 2.75) is 57.8 Å². The summed E-state index contributed by atoms with van der Waals surface area (Å²) < 4.78 is 50.2. The summed E-state index contributed by atoms with van der Waals surface area (Å²) >= 11 is 4.23. The molecule has 0 spiro atoms. The molecule has 0 aliphatic carbocycles. The monoisotopic (exact) mass is 504 g/mol. The van der Waals surface area contributed by atoms with Crippen molar-refractivity contribution < 1.29 is 52.5 Å². The number of unbranched alkanes of at least 4 members (excludes halogenated alkanes) is 8. The molecular formula is C21H44O11S. The van der Waals surface area contributed by atoms with Crippen LogP contribution in [-0.4, -0.2) is 85.4 Å². The Hall–Kier alpha value is -0.0900. The van der Waals surface area contributed by atoms with Gasteiger partial charge < -0.3 is 52.5 Å². The molecule has 0 saturated carbocycles. The Bertz CT molecular complexity index is 313. The number of hydrogen-bond acceptors (Lipinski definition) is 12. The molecule has 0 bridgehead atoms. The first-order valence-electron chi connectivity index (χ1n) is 11.4. The van der Waals surface area contributed by atoms with Crippen molar-refractivity contribution in [2.24, 2.45) is 0 Å². The topological polar surface area (TPSA) is 113 Å². The van der Waals surface area contributed by atoms with Crippen molar-refractivity contribution in [1.29, 1.82) is 0 Å². The van der Waals surface area contributed by atoms with Crippen LogP contribution in [0.15, 0.2) is 0 Å². The Balaban J connectivity index is 2.99. The Labute approximate surface area is 203 Å². The molecule has 0 rings (SSSR count). The third kappa shape index (κ3) is 31.9. The Morgan fingerprint density at radius 2 is 0.667 bits per heavy atom. The van der Waals surface area contributed by atoms with E-state index in [1.807, 2.05) is 0 Å². The van der Waals surface area contributed by atoms with Gasteiger partial charge in [0.05, 0.1) is 0 Å². The van der Waals surface area contributed by atoms with E-state index in [0.717, 1.165) is 12.2 Å². The first-order valence-corrected chi connectivity index (χ1v) is 12.0. The normalized spacial score (nSPS) is 11.5. The molecule has 0 atom stereocenters. The van der Waals surface area contributed by atoms with Crippen LogP contribution in [0, 0.1) is 0 Å². The summed E-state index contributed by atoms with van der Waals surface area (Å²) in [7, 11) is 0. The van der Waals surface area contributed by atoms with Crippen molar-refractivity contribution in [3.05, 3.63) is 0 Å². The molecule has 11 nitrogen and oxygen atoms in total. The maximum absolute atomic E-state index is 8.34. The molecule has 0 amide bonds. The highest BCUT2D eigenvalue weighted by Gasteiger charge is 1.95. The van der Waals surface area contributed by atoms with Gasteiger partial charge in [-0.1, -0.05) is 44.9 Å². The zero-order chi connectivity index (χ0) is 23.9. The van der Waals surface area contributed by atoms with E-state index in [9.17, 15) is 0 Å². The maximum atomic E-state index is 8.34. The lowest BCUT2D eigenvalue weighted by Crippen LogP contribution is -2.12. The molecule has 0 aromatic rings. The predicted octanol–water partition coefficient (Wildman–Crippen LogP) is 3.16. The SMILES string of the molecule is OCOCOCOCOCOCOCOCOCOCOCCCCCCCCCCCS. The minimum absolute atomic E-state index is 0.00158. The number of thiol groups is 1. The average Bonchev–Trinajstić information content (AvgIpc) is 2.83. The standard InChI is InChI=1S/C21H44O11S/c22-12-24-14-26-16-28-18-30-20-32-21-31-19-29-17-27-15-25-13-23-10-8-6-4-2-1-3-5-7-9-11-33/h22,33H,1-21H2. The fourth-order valence-electron chi connectivity index (χ4n) is 2.45. The van der Waals surface area contributed by atoms with Crippen LogP contribution in [0.25, 0.3) is 0 Å². The van der Waals surface area contributed by atoms with Gasteiger partial charge in [0, 0.05) is 6.61 Å². The van der Waals surface area contributed by atoms with Crippen molar-refractivity contribution in [1.82, 2.24) is 0 Å². The lowest BCUT2D eigenvalue weighted by atomic mass is 10.1. The number of rotatable bonds is 30.